The average Bonchev–Trinajstić information content (AvgIpc) is 2.27. The van der Waals surface area contributed by atoms with Gasteiger partial charge < -0.3 is 9.72 Å². The molecule has 1 rings (SSSR count). The van der Waals surface area contributed by atoms with Gasteiger partial charge in [0.1, 0.15) is 0 Å². The molecule has 96 valence electrons. The van der Waals surface area contributed by atoms with E-state index in [1.54, 1.807) is 0 Å². The highest BCUT2D eigenvalue weighted by molar-refractivity contribution is 9.10. The molecule has 0 saturated heterocycles. The average molecular weight is 305 g/mol. The lowest BCUT2D eigenvalue weighted by Crippen LogP contribution is -2.36. The van der Waals surface area contributed by atoms with Crippen LogP contribution >= 0.6 is 15.9 Å². The lowest BCUT2D eigenvalue weighted by atomic mass is 10.1. The van der Waals surface area contributed by atoms with E-state index in [1.807, 2.05) is 0 Å². The maximum Gasteiger partial charge on any atom is 0.328 e. The van der Waals surface area contributed by atoms with E-state index in [9.17, 15) is 9.59 Å². The van der Waals surface area contributed by atoms with E-state index >= 15 is 0 Å². The molecule has 1 N–H and O–H groups in total. The van der Waals surface area contributed by atoms with E-state index in [4.69, 9.17) is 4.74 Å². The molecule has 1 aromatic heterocycles. The zero-order valence-electron chi connectivity index (χ0n) is 10.0. The van der Waals surface area contributed by atoms with Crippen molar-refractivity contribution in [2.45, 2.75) is 26.8 Å². The smallest absolute Gasteiger partial charge is 0.328 e. The Morgan fingerprint density at radius 2 is 2.12 bits per heavy atom. The van der Waals surface area contributed by atoms with Crippen molar-refractivity contribution < 1.29 is 4.74 Å². The van der Waals surface area contributed by atoms with Crippen LogP contribution in [0.5, 0.6) is 0 Å². The van der Waals surface area contributed by atoms with Crippen molar-refractivity contribution in [1.29, 1.82) is 0 Å². The number of halogens is 1. The fourth-order valence-corrected chi connectivity index (χ4v) is 1.59. The summed E-state index contributed by atoms with van der Waals surface area (Å²) in [6.45, 7) is 5.52. The van der Waals surface area contributed by atoms with Crippen molar-refractivity contribution in [2.24, 2.45) is 5.92 Å². The van der Waals surface area contributed by atoms with Gasteiger partial charge in [0.15, 0.2) is 0 Å². The monoisotopic (exact) mass is 304 g/mol. The van der Waals surface area contributed by atoms with Gasteiger partial charge in [0, 0.05) is 12.8 Å². The molecule has 6 heteroatoms. The number of hydrogen-bond donors (Lipinski definition) is 1. The first-order valence-corrected chi connectivity index (χ1v) is 6.37. The van der Waals surface area contributed by atoms with Gasteiger partial charge in [0.2, 0.25) is 0 Å². The predicted octanol–water partition coefficient (Wildman–Crippen LogP) is 1.36. The van der Waals surface area contributed by atoms with E-state index in [2.05, 4.69) is 34.8 Å². The molecule has 0 aliphatic rings. The zero-order valence-corrected chi connectivity index (χ0v) is 11.6. The number of nitrogens with zero attached hydrogens (tertiary/aromatic N) is 1. The Bertz CT molecular complexity index is 465. The van der Waals surface area contributed by atoms with Crippen molar-refractivity contribution in [1.82, 2.24) is 9.55 Å². The minimum Gasteiger partial charge on any atom is -0.380 e. The number of H-pyrrole nitrogens is 1. The summed E-state index contributed by atoms with van der Waals surface area (Å²) in [4.78, 5) is 25.5. The van der Waals surface area contributed by atoms with Gasteiger partial charge in [-0.15, -0.1) is 0 Å². The van der Waals surface area contributed by atoms with Crippen LogP contribution in [0.15, 0.2) is 20.3 Å². The summed E-state index contributed by atoms with van der Waals surface area (Å²) in [6, 6.07) is 0. The van der Waals surface area contributed by atoms with Crippen molar-refractivity contribution in [3.8, 4) is 0 Å². The molecule has 0 aliphatic heterocycles. The van der Waals surface area contributed by atoms with Crippen LogP contribution in [0.1, 0.15) is 20.3 Å². The quantitative estimate of drug-likeness (QED) is 0.807. The van der Waals surface area contributed by atoms with Crippen LogP contribution in [0, 0.1) is 5.92 Å². The molecule has 0 amide bonds. The molecule has 0 bridgehead atoms. The largest absolute Gasteiger partial charge is 0.380 e. The first-order chi connectivity index (χ1) is 8.02. The van der Waals surface area contributed by atoms with Gasteiger partial charge in [0.05, 0.1) is 17.6 Å². The molecule has 0 unspecified atom stereocenters. The fraction of sp³-hybridized carbons (Fsp3) is 0.636. The molecule has 5 nitrogen and oxygen atoms in total. The zero-order chi connectivity index (χ0) is 12.8. The highest BCUT2D eigenvalue weighted by atomic mass is 79.9. The van der Waals surface area contributed by atoms with E-state index < -0.39 is 5.69 Å². The van der Waals surface area contributed by atoms with Gasteiger partial charge in [-0.05, 0) is 28.3 Å². The van der Waals surface area contributed by atoms with Gasteiger partial charge in [0.25, 0.3) is 5.56 Å². The SMILES string of the molecule is CC(C)CCOCCn1c(=O)[nH]cc(Br)c1=O. The van der Waals surface area contributed by atoms with Crippen molar-refractivity contribution in [2.75, 3.05) is 13.2 Å². The molecule has 1 heterocycles. The van der Waals surface area contributed by atoms with Gasteiger partial charge in [-0.1, -0.05) is 13.8 Å². The topological polar surface area (TPSA) is 64.1 Å². The Balaban J connectivity index is 2.50. The van der Waals surface area contributed by atoms with Crippen LogP contribution in [0.2, 0.25) is 0 Å². The van der Waals surface area contributed by atoms with Crippen molar-refractivity contribution in [3.05, 3.63) is 31.5 Å². The van der Waals surface area contributed by atoms with E-state index in [-0.39, 0.29) is 12.1 Å². The van der Waals surface area contributed by atoms with E-state index in [0.717, 1.165) is 11.0 Å². The Labute approximate surface area is 108 Å². The number of aromatic amines is 1. The highest BCUT2D eigenvalue weighted by Gasteiger charge is 2.04. The lowest BCUT2D eigenvalue weighted by Gasteiger charge is -2.07. The van der Waals surface area contributed by atoms with E-state index in [0.29, 0.717) is 23.6 Å². The Kier molecular flexibility index (Phi) is 5.64. The van der Waals surface area contributed by atoms with Gasteiger partial charge in [-0.3, -0.25) is 9.36 Å². The molecule has 0 fully saturated rings. The fourth-order valence-electron chi connectivity index (χ4n) is 1.27. The lowest BCUT2D eigenvalue weighted by molar-refractivity contribution is 0.114. The molecule has 1 aromatic rings. The maximum absolute atomic E-state index is 11.6. The summed E-state index contributed by atoms with van der Waals surface area (Å²) in [5, 5.41) is 0. The summed E-state index contributed by atoms with van der Waals surface area (Å²) < 4.78 is 6.84. The van der Waals surface area contributed by atoms with Crippen molar-refractivity contribution in [3.63, 3.8) is 0 Å². The third kappa shape index (κ3) is 4.47. The summed E-state index contributed by atoms with van der Waals surface area (Å²) in [5.74, 6) is 0.590. The summed E-state index contributed by atoms with van der Waals surface area (Å²) in [5.41, 5.74) is -0.744. The summed E-state index contributed by atoms with van der Waals surface area (Å²) in [7, 11) is 0. The summed E-state index contributed by atoms with van der Waals surface area (Å²) >= 11 is 3.08. The molecule has 0 spiro atoms. The second-order valence-corrected chi connectivity index (χ2v) is 5.05. The predicted molar refractivity (Wildman–Crippen MR) is 69.3 cm³/mol. The van der Waals surface area contributed by atoms with Gasteiger partial charge >= 0.3 is 5.69 Å². The number of aromatic nitrogens is 2. The van der Waals surface area contributed by atoms with Crippen LogP contribution in [0.4, 0.5) is 0 Å². The molecular weight excluding hydrogens is 288 g/mol. The summed E-state index contributed by atoms with van der Waals surface area (Å²) in [6.07, 6.45) is 2.32. The van der Waals surface area contributed by atoms with Crippen LogP contribution in [0.3, 0.4) is 0 Å². The van der Waals surface area contributed by atoms with Crippen LogP contribution in [-0.2, 0) is 11.3 Å². The highest BCUT2D eigenvalue weighted by Crippen LogP contribution is 1.99. The number of hydrogen-bond acceptors (Lipinski definition) is 3. The van der Waals surface area contributed by atoms with E-state index in [1.165, 1.54) is 6.20 Å². The van der Waals surface area contributed by atoms with Crippen LogP contribution in [-0.4, -0.2) is 22.8 Å². The minimum absolute atomic E-state index is 0.270. The standard InChI is InChI=1S/C11H17BrN2O3/c1-8(2)3-5-17-6-4-14-10(15)9(12)7-13-11(14)16/h7-8H,3-6H2,1-2H3,(H,13,16). The first-order valence-electron chi connectivity index (χ1n) is 5.58. The van der Waals surface area contributed by atoms with Crippen molar-refractivity contribution >= 4 is 15.9 Å². The minimum atomic E-state index is -0.411. The number of nitrogens with one attached hydrogen (secondary N) is 1. The molecule has 0 atom stereocenters. The molecule has 0 radical (unpaired) electrons. The van der Waals surface area contributed by atoms with Crippen LogP contribution < -0.4 is 11.2 Å². The Morgan fingerprint density at radius 3 is 2.76 bits per heavy atom. The molecule has 0 aliphatic carbocycles. The van der Waals surface area contributed by atoms with Gasteiger partial charge in [-0.2, -0.15) is 0 Å². The Hall–Kier alpha value is -0.880. The first kappa shape index (κ1) is 14.2. The van der Waals surface area contributed by atoms with Gasteiger partial charge in [-0.25, -0.2) is 4.79 Å². The molecule has 0 saturated carbocycles. The Morgan fingerprint density at radius 1 is 1.41 bits per heavy atom. The number of rotatable bonds is 6. The number of ether oxygens (including phenoxy) is 1. The second kappa shape index (κ2) is 6.76. The maximum atomic E-state index is 11.6. The normalized spacial score (nSPS) is 11.1. The molecule has 0 aromatic carbocycles. The van der Waals surface area contributed by atoms with Crippen LogP contribution in [0.25, 0.3) is 0 Å². The molecular formula is C11H17BrN2O3. The third-order valence-electron chi connectivity index (χ3n) is 2.32. The second-order valence-electron chi connectivity index (χ2n) is 4.19. The third-order valence-corrected chi connectivity index (χ3v) is 2.88. The molecule has 17 heavy (non-hydrogen) atoms.